The van der Waals surface area contributed by atoms with Crippen molar-refractivity contribution in [3.05, 3.63) is 77.1 Å². The summed E-state index contributed by atoms with van der Waals surface area (Å²) < 4.78 is 1.76. The first-order valence-electron chi connectivity index (χ1n) is 14.4. The van der Waals surface area contributed by atoms with E-state index < -0.39 is 12.1 Å². The second-order valence-corrected chi connectivity index (χ2v) is 12.1. The number of aryl methyl sites for hydroxylation is 1. The van der Waals surface area contributed by atoms with Crippen LogP contribution in [-0.2, 0) is 35.6 Å². The third-order valence-corrected chi connectivity index (χ3v) is 7.43. The molecule has 1 aromatic heterocycles. The number of carbonyl (C=O) groups excluding carboxylic acids is 1. The fourth-order valence-electron chi connectivity index (χ4n) is 5.48. The average Bonchev–Trinajstić information content (AvgIpc) is 3.39. The van der Waals surface area contributed by atoms with Gasteiger partial charge in [0.1, 0.15) is 0 Å². The molecule has 3 aromatic rings. The maximum Gasteiger partial charge on any atom is 0.306 e. The molecule has 0 spiro atoms. The van der Waals surface area contributed by atoms with Crippen LogP contribution in [0.25, 0.3) is 0 Å². The number of carboxylic acid groups (broad SMARTS) is 1. The topological polar surface area (TPSA) is 125 Å². The van der Waals surface area contributed by atoms with Gasteiger partial charge in [0, 0.05) is 39.1 Å². The Balaban J connectivity index is 1.49. The summed E-state index contributed by atoms with van der Waals surface area (Å²) in [6.07, 6.45) is 1.16. The van der Waals surface area contributed by atoms with E-state index in [1.54, 1.807) is 4.68 Å². The van der Waals surface area contributed by atoms with Crippen molar-refractivity contribution in [3.8, 4) is 0 Å². The first kappa shape index (κ1) is 30.3. The molecule has 0 saturated heterocycles. The lowest BCUT2D eigenvalue weighted by Crippen LogP contribution is -2.39. The van der Waals surface area contributed by atoms with Crippen molar-refractivity contribution in [1.29, 1.82) is 0 Å². The van der Waals surface area contributed by atoms with Gasteiger partial charge < -0.3 is 15.1 Å². The third-order valence-electron chi connectivity index (χ3n) is 7.43. The molecule has 2 aromatic carbocycles. The maximum absolute atomic E-state index is 13.0. The number of carboxylic acids is 1. The Morgan fingerprint density at radius 1 is 1.05 bits per heavy atom. The fourth-order valence-corrected chi connectivity index (χ4v) is 5.48. The van der Waals surface area contributed by atoms with Crippen molar-refractivity contribution in [2.24, 2.45) is 5.41 Å². The number of aliphatic hydroxyl groups excluding tert-OH is 1. The molecular formula is C31H42N6O4. The number of carbonyl (C=O) groups is 2. The van der Waals surface area contributed by atoms with E-state index in [4.69, 9.17) is 0 Å². The van der Waals surface area contributed by atoms with Crippen LogP contribution in [0.1, 0.15) is 75.0 Å². The highest BCUT2D eigenvalue weighted by Crippen LogP contribution is 2.34. The monoisotopic (exact) mass is 562 g/mol. The second-order valence-electron chi connectivity index (χ2n) is 12.1. The highest BCUT2D eigenvalue weighted by molar-refractivity contribution is 5.76. The van der Waals surface area contributed by atoms with Crippen LogP contribution < -0.4 is 0 Å². The minimum absolute atomic E-state index is 0.103. The number of benzene rings is 2. The van der Waals surface area contributed by atoms with E-state index in [1.165, 1.54) is 11.1 Å². The van der Waals surface area contributed by atoms with E-state index in [-0.39, 0.29) is 30.3 Å². The highest BCUT2D eigenvalue weighted by Gasteiger charge is 2.32. The van der Waals surface area contributed by atoms with E-state index in [0.29, 0.717) is 44.7 Å². The molecule has 10 nitrogen and oxygen atoms in total. The molecule has 1 aliphatic rings. The quantitative estimate of drug-likeness (QED) is 0.322. The summed E-state index contributed by atoms with van der Waals surface area (Å²) in [6, 6.07) is 17.9. The van der Waals surface area contributed by atoms with E-state index in [1.807, 2.05) is 47.4 Å². The minimum Gasteiger partial charge on any atom is -0.481 e. The molecule has 1 unspecified atom stereocenters. The van der Waals surface area contributed by atoms with Gasteiger partial charge in [0.05, 0.1) is 18.6 Å². The summed E-state index contributed by atoms with van der Waals surface area (Å²) in [6.45, 7) is 8.92. The lowest BCUT2D eigenvalue weighted by Gasteiger charge is -2.36. The van der Waals surface area contributed by atoms with E-state index in [9.17, 15) is 19.8 Å². The van der Waals surface area contributed by atoms with Crippen LogP contribution >= 0.6 is 0 Å². The Labute approximate surface area is 242 Å². The molecule has 220 valence electrons. The molecule has 10 heteroatoms. The molecule has 41 heavy (non-hydrogen) atoms. The van der Waals surface area contributed by atoms with Crippen LogP contribution in [0.3, 0.4) is 0 Å². The van der Waals surface area contributed by atoms with Crippen molar-refractivity contribution < 1.29 is 19.8 Å². The molecule has 1 amide bonds. The van der Waals surface area contributed by atoms with E-state index in [2.05, 4.69) is 53.3 Å². The predicted molar refractivity (Wildman–Crippen MR) is 155 cm³/mol. The third kappa shape index (κ3) is 8.93. The minimum atomic E-state index is -1.05. The lowest BCUT2D eigenvalue weighted by atomic mass is 9.86. The van der Waals surface area contributed by atoms with Crippen molar-refractivity contribution in [2.75, 3.05) is 13.1 Å². The van der Waals surface area contributed by atoms with Crippen LogP contribution in [0, 0.1) is 5.41 Å². The number of amides is 1. The Hall–Kier alpha value is -3.63. The molecule has 4 rings (SSSR count). The summed E-state index contributed by atoms with van der Waals surface area (Å²) in [7, 11) is 0. The van der Waals surface area contributed by atoms with Crippen LogP contribution in [0.15, 0.2) is 54.6 Å². The maximum atomic E-state index is 13.0. The lowest BCUT2D eigenvalue weighted by molar-refractivity contribution is -0.139. The van der Waals surface area contributed by atoms with Crippen LogP contribution in [-0.4, -0.2) is 71.3 Å². The predicted octanol–water partition coefficient (Wildman–Crippen LogP) is 3.85. The molecule has 0 fully saturated rings. The largest absolute Gasteiger partial charge is 0.481 e. The van der Waals surface area contributed by atoms with Gasteiger partial charge in [0.15, 0.2) is 5.82 Å². The van der Waals surface area contributed by atoms with Crippen molar-refractivity contribution >= 4 is 11.9 Å². The van der Waals surface area contributed by atoms with Gasteiger partial charge in [-0.2, -0.15) is 0 Å². The molecule has 0 aliphatic carbocycles. The number of aromatic nitrogens is 4. The Morgan fingerprint density at radius 2 is 1.76 bits per heavy atom. The normalized spacial score (nSPS) is 15.0. The Kier molecular flexibility index (Phi) is 10.2. The van der Waals surface area contributed by atoms with Crippen molar-refractivity contribution in [1.82, 2.24) is 30.0 Å². The standard InChI is InChI=1S/C31H42N6O4/c1-31(2,3)19-27(36(22-26(38)18-29(40)41)20-23-10-5-4-6-11-23)30-32-33-34-37(30)16-9-14-28(39)35-17-15-24-12-7-8-13-25(24)21-35/h4-8,10-13,26-27,38H,9,14-22H2,1-3H3,(H,40,41)/t26?,27-/m1/s1. The van der Waals surface area contributed by atoms with Crippen LogP contribution in [0.4, 0.5) is 0 Å². The number of hydrogen-bond acceptors (Lipinski definition) is 7. The van der Waals surface area contributed by atoms with Gasteiger partial charge in [0.25, 0.3) is 0 Å². The number of hydrogen-bond donors (Lipinski definition) is 2. The summed E-state index contributed by atoms with van der Waals surface area (Å²) in [5.74, 6) is -0.267. The number of tetrazole rings is 1. The zero-order chi connectivity index (χ0) is 29.4. The zero-order valence-corrected chi connectivity index (χ0v) is 24.3. The molecule has 2 heterocycles. The molecule has 0 bridgehead atoms. The molecule has 1 aliphatic heterocycles. The molecule has 2 N–H and O–H groups in total. The van der Waals surface area contributed by atoms with Crippen molar-refractivity contribution in [2.45, 2.75) is 84.7 Å². The second kappa shape index (κ2) is 13.8. The average molecular weight is 563 g/mol. The molecule has 2 atom stereocenters. The van der Waals surface area contributed by atoms with Gasteiger partial charge in [0.2, 0.25) is 5.91 Å². The van der Waals surface area contributed by atoms with Gasteiger partial charge in [-0.25, -0.2) is 4.68 Å². The molecule has 0 saturated carbocycles. The number of rotatable bonds is 13. The van der Waals surface area contributed by atoms with E-state index in [0.717, 1.165) is 18.5 Å². The van der Waals surface area contributed by atoms with Crippen LogP contribution in [0.5, 0.6) is 0 Å². The number of nitrogens with zero attached hydrogens (tertiary/aromatic N) is 6. The van der Waals surface area contributed by atoms with Gasteiger partial charge >= 0.3 is 5.97 Å². The molecular weight excluding hydrogens is 520 g/mol. The highest BCUT2D eigenvalue weighted by atomic mass is 16.4. The summed E-state index contributed by atoms with van der Waals surface area (Å²) in [5.41, 5.74) is 3.47. The summed E-state index contributed by atoms with van der Waals surface area (Å²) in [4.78, 5) is 28.4. The molecule has 0 radical (unpaired) electrons. The number of fused-ring (bicyclic) bond motifs is 1. The SMILES string of the molecule is CC(C)(C)C[C@H](c1nnnn1CCCC(=O)N1CCc2ccccc2C1)N(Cc1ccccc1)CC(O)CC(=O)O. The van der Waals surface area contributed by atoms with Gasteiger partial charge in [-0.3, -0.25) is 14.5 Å². The fraction of sp³-hybridized carbons (Fsp3) is 0.516. The number of aliphatic carboxylic acids is 1. The van der Waals surface area contributed by atoms with E-state index >= 15 is 0 Å². The first-order chi connectivity index (χ1) is 19.6. The summed E-state index contributed by atoms with van der Waals surface area (Å²) in [5, 5.41) is 32.6. The first-order valence-corrected chi connectivity index (χ1v) is 14.4. The van der Waals surface area contributed by atoms with Gasteiger partial charge in [-0.15, -0.1) is 5.10 Å². The van der Waals surface area contributed by atoms with Crippen molar-refractivity contribution in [3.63, 3.8) is 0 Å². The summed E-state index contributed by atoms with van der Waals surface area (Å²) >= 11 is 0. The van der Waals surface area contributed by atoms with Gasteiger partial charge in [-0.1, -0.05) is 75.4 Å². The van der Waals surface area contributed by atoms with Gasteiger partial charge in [-0.05, 0) is 51.8 Å². The Bertz CT molecular complexity index is 1290. The zero-order valence-electron chi connectivity index (χ0n) is 24.3. The van der Waals surface area contributed by atoms with Crippen LogP contribution in [0.2, 0.25) is 0 Å². The number of aliphatic hydroxyl groups is 1. The Morgan fingerprint density at radius 3 is 2.46 bits per heavy atom. The smallest absolute Gasteiger partial charge is 0.306 e.